The Hall–Kier alpha value is -2.64. The Kier molecular flexibility index (Phi) is 4.96. The van der Waals surface area contributed by atoms with Gasteiger partial charge in [-0.25, -0.2) is 18.7 Å². The normalized spacial score (nSPS) is 15.5. The Morgan fingerprint density at radius 3 is 2.74 bits per heavy atom. The van der Waals surface area contributed by atoms with E-state index in [0.717, 1.165) is 31.6 Å². The molecule has 0 amide bonds. The predicted molar refractivity (Wildman–Crippen MR) is 99.4 cm³/mol. The second kappa shape index (κ2) is 7.54. The molecule has 5 nitrogen and oxygen atoms in total. The second-order valence-corrected chi connectivity index (χ2v) is 6.79. The molecule has 2 aromatic carbocycles. The topological polar surface area (TPSA) is 61.3 Å². The molecule has 1 aromatic heterocycles. The smallest absolute Gasteiger partial charge is 0.161 e. The van der Waals surface area contributed by atoms with Crippen molar-refractivity contribution >= 4 is 16.7 Å². The molecule has 2 heterocycles. The number of hydrogen-bond donors (Lipinski definition) is 2. The zero-order valence-electron chi connectivity index (χ0n) is 14.7. The van der Waals surface area contributed by atoms with E-state index in [-0.39, 0.29) is 6.54 Å². The molecule has 2 N–H and O–H groups in total. The van der Waals surface area contributed by atoms with Gasteiger partial charge in [-0.1, -0.05) is 24.3 Å². The van der Waals surface area contributed by atoms with Crippen LogP contribution in [0.15, 0.2) is 42.7 Å². The average Bonchev–Trinajstić information content (AvgIpc) is 2.67. The molecule has 140 valence electrons. The van der Waals surface area contributed by atoms with Crippen LogP contribution in [0.1, 0.15) is 11.1 Å². The monoisotopic (exact) mass is 370 g/mol. The highest BCUT2D eigenvalue weighted by atomic mass is 19.2. The number of nitrogens with one attached hydrogen (secondary N) is 1. The lowest BCUT2D eigenvalue weighted by Crippen LogP contribution is -2.39. The highest BCUT2D eigenvalue weighted by Crippen LogP contribution is 2.22. The highest BCUT2D eigenvalue weighted by Gasteiger charge is 2.18. The predicted octanol–water partition coefficient (Wildman–Crippen LogP) is 2.74. The van der Waals surface area contributed by atoms with Crippen LogP contribution in [-0.2, 0) is 13.0 Å². The molecule has 3 aromatic rings. The molecule has 4 rings (SSSR count). The summed E-state index contributed by atoms with van der Waals surface area (Å²) in [7, 11) is 0. The fourth-order valence-electron chi connectivity index (χ4n) is 3.48. The van der Waals surface area contributed by atoms with E-state index in [1.54, 1.807) is 0 Å². The largest absolute Gasteiger partial charge is 0.390 e. The minimum absolute atomic E-state index is 0.253. The SMILES string of the molecule is OC(CNc1ncnc2cc(F)c(F)cc12)CN1CCc2ccccc2C1. The van der Waals surface area contributed by atoms with Crippen LogP contribution in [-0.4, -0.2) is 45.7 Å². The summed E-state index contributed by atoms with van der Waals surface area (Å²) < 4.78 is 26.9. The van der Waals surface area contributed by atoms with Gasteiger partial charge in [0.05, 0.1) is 11.6 Å². The number of aliphatic hydroxyl groups excluding tert-OH is 1. The van der Waals surface area contributed by atoms with Crippen molar-refractivity contribution in [2.24, 2.45) is 0 Å². The van der Waals surface area contributed by atoms with Crippen LogP contribution in [0.4, 0.5) is 14.6 Å². The third-order valence-electron chi connectivity index (χ3n) is 4.86. The van der Waals surface area contributed by atoms with E-state index in [4.69, 9.17) is 0 Å². The van der Waals surface area contributed by atoms with Gasteiger partial charge < -0.3 is 10.4 Å². The lowest BCUT2D eigenvalue weighted by atomic mass is 10.00. The van der Waals surface area contributed by atoms with E-state index in [1.165, 1.54) is 17.5 Å². The van der Waals surface area contributed by atoms with Gasteiger partial charge in [0.1, 0.15) is 12.1 Å². The molecule has 0 fully saturated rings. The highest BCUT2D eigenvalue weighted by molar-refractivity contribution is 5.88. The number of anilines is 1. The van der Waals surface area contributed by atoms with Gasteiger partial charge in [-0.2, -0.15) is 0 Å². The lowest BCUT2D eigenvalue weighted by Gasteiger charge is -2.30. The van der Waals surface area contributed by atoms with Crippen molar-refractivity contribution in [1.29, 1.82) is 0 Å². The van der Waals surface area contributed by atoms with E-state index >= 15 is 0 Å². The standard InChI is InChI=1S/C20H20F2N4O/c21-17-7-16-19(8-18(17)22)24-12-25-20(16)23-9-15(27)11-26-6-5-13-3-1-2-4-14(13)10-26/h1-4,7-8,12,15,27H,5-6,9-11H2,(H,23,24,25). The first-order valence-electron chi connectivity index (χ1n) is 8.91. The third-order valence-corrected chi connectivity index (χ3v) is 4.86. The van der Waals surface area contributed by atoms with Crippen molar-refractivity contribution in [3.8, 4) is 0 Å². The fourth-order valence-corrected chi connectivity index (χ4v) is 3.48. The van der Waals surface area contributed by atoms with E-state index < -0.39 is 17.7 Å². The van der Waals surface area contributed by atoms with Crippen molar-refractivity contribution in [3.63, 3.8) is 0 Å². The molecule has 0 radical (unpaired) electrons. The van der Waals surface area contributed by atoms with Crippen molar-refractivity contribution in [1.82, 2.24) is 14.9 Å². The Labute approximate surface area is 155 Å². The van der Waals surface area contributed by atoms with Crippen molar-refractivity contribution in [2.75, 3.05) is 25.0 Å². The molecule has 0 saturated heterocycles. The molecular formula is C20H20F2N4O. The van der Waals surface area contributed by atoms with Gasteiger partial charge in [0.25, 0.3) is 0 Å². The van der Waals surface area contributed by atoms with Crippen LogP contribution < -0.4 is 5.32 Å². The van der Waals surface area contributed by atoms with Crippen molar-refractivity contribution < 1.29 is 13.9 Å². The van der Waals surface area contributed by atoms with Crippen molar-refractivity contribution in [2.45, 2.75) is 19.1 Å². The van der Waals surface area contributed by atoms with Crippen LogP contribution >= 0.6 is 0 Å². The van der Waals surface area contributed by atoms with Gasteiger partial charge in [-0.15, -0.1) is 0 Å². The Bertz CT molecular complexity index is 966. The maximum Gasteiger partial charge on any atom is 0.161 e. The Morgan fingerprint density at radius 2 is 1.89 bits per heavy atom. The number of rotatable bonds is 5. The van der Waals surface area contributed by atoms with E-state index in [9.17, 15) is 13.9 Å². The molecule has 0 saturated carbocycles. The van der Waals surface area contributed by atoms with Gasteiger partial charge in [0, 0.05) is 37.6 Å². The van der Waals surface area contributed by atoms with Gasteiger partial charge in [0.15, 0.2) is 11.6 Å². The summed E-state index contributed by atoms with van der Waals surface area (Å²) in [4.78, 5) is 10.3. The first-order chi connectivity index (χ1) is 13.1. The summed E-state index contributed by atoms with van der Waals surface area (Å²) in [6.45, 7) is 2.49. The van der Waals surface area contributed by atoms with Crippen LogP contribution in [0, 0.1) is 11.6 Å². The van der Waals surface area contributed by atoms with Gasteiger partial charge >= 0.3 is 0 Å². The minimum Gasteiger partial charge on any atom is -0.390 e. The fraction of sp³-hybridized carbons (Fsp3) is 0.300. The number of aliphatic hydroxyl groups is 1. The zero-order chi connectivity index (χ0) is 18.8. The molecule has 0 aliphatic carbocycles. The number of hydrogen-bond acceptors (Lipinski definition) is 5. The first-order valence-corrected chi connectivity index (χ1v) is 8.91. The van der Waals surface area contributed by atoms with Gasteiger partial charge in [-0.3, -0.25) is 4.90 Å². The number of halogens is 2. The summed E-state index contributed by atoms with van der Waals surface area (Å²) in [6.07, 6.45) is 1.64. The van der Waals surface area contributed by atoms with E-state index in [1.807, 2.05) is 12.1 Å². The quantitative estimate of drug-likeness (QED) is 0.723. The van der Waals surface area contributed by atoms with Crippen LogP contribution in [0.2, 0.25) is 0 Å². The number of benzene rings is 2. The van der Waals surface area contributed by atoms with Gasteiger partial charge in [0.2, 0.25) is 0 Å². The molecule has 0 bridgehead atoms. The molecular weight excluding hydrogens is 350 g/mol. The summed E-state index contributed by atoms with van der Waals surface area (Å²) in [5, 5.41) is 13.8. The lowest BCUT2D eigenvalue weighted by molar-refractivity contribution is 0.114. The summed E-state index contributed by atoms with van der Waals surface area (Å²) in [6, 6.07) is 10.5. The molecule has 27 heavy (non-hydrogen) atoms. The molecule has 0 spiro atoms. The van der Waals surface area contributed by atoms with E-state index in [0.29, 0.717) is 23.3 Å². The van der Waals surface area contributed by atoms with Crippen molar-refractivity contribution in [3.05, 3.63) is 65.5 Å². The van der Waals surface area contributed by atoms with Crippen LogP contribution in [0.3, 0.4) is 0 Å². The second-order valence-electron chi connectivity index (χ2n) is 6.79. The summed E-state index contributed by atoms with van der Waals surface area (Å²) >= 11 is 0. The van der Waals surface area contributed by atoms with Gasteiger partial charge in [-0.05, 0) is 23.6 Å². The molecule has 1 aliphatic rings. The number of β-amino-alcohol motifs (C(OH)–C–C–N with tert-alkyl or cyclic N) is 1. The average molecular weight is 370 g/mol. The first kappa shape index (κ1) is 17.8. The summed E-state index contributed by atoms with van der Waals surface area (Å²) in [5.41, 5.74) is 2.97. The van der Waals surface area contributed by atoms with Crippen LogP contribution in [0.25, 0.3) is 10.9 Å². The molecule has 1 aliphatic heterocycles. The summed E-state index contributed by atoms with van der Waals surface area (Å²) in [5.74, 6) is -1.52. The molecule has 1 unspecified atom stereocenters. The van der Waals surface area contributed by atoms with Crippen LogP contribution in [0.5, 0.6) is 0 Å². The zero-order valence-corrected chi connectivity index (χ0v) is 14.7. The molecule has 1 atom stereocenters. The maximum atomic E-state index is 13.5. The number of nitrogens with zero attached hydrogens (tertiary/aromatic N) is 3. The Morgan fingerprint density at radius 1 is 1.11 bits per heavy atom. The molecule has 7 heteroatoms. The third kappa shape index (κ3) is 3.89. The number of aromatic nitrogens is 2. The maximum absolute atomic E-state index is 13.5. The Balaban J connectivity index is 1.39. The number of fused-ring (bicyclic) bond motifs is 2. The minimum atomic E-state index is -0.951. The van der Waals surface area contributed by atoms with E-state index in [2.05, 4.69) is 32.3 Å².